The molecule has 1 aliphatic rings. The summed E-state index contributed by atoms with van der Waals surface area (Å²) in [6, 6.07) is 2.90. The standard InChI is InChI=1S/C17H20F2N6O5/c1-2-20-17(21-3-4-24-9-12(8-23-24)25(26)27)22-7-11-5-14-15(29-10-28-14)6-13(11)30-16(18)19/h5-6,8-9,16H,2-4,7,10H2,1H3,(H2,20,21,22). The number of guanidine groups is 1. The van der Waals surface area contributed by atoms with E-state index in [1.807, 2.05) is 6.92 Å². The molecule has 2 aromatic rings. The highest BCUT2D eigenvalue weighted by molar-refractivity contribution is 5.79. The summed E-state index contributed by atoms with van der Waals surface area (Å²) >= 11 is 0. The Morgan fingerprint density at radius 3 is 2.83 bits per heavy atom. The molecule has 0 fully saturated rings. The molecule has 11 nitrogen and oxygen atoms in total. The quantitative estimate of drug-likeness (QED) is 0.270. The van der Waals surface area contributed by atoms with Crippen LogP contribution in [0.4, 0.5) is 14.5 Å². The number of fused-ring (bicyclic) bond motifs is 1. The molecule has 0 radical (unpaired) electrons. The molecule has 0 saturated heterocycles. The number of ether oxygens (including phenoxy) is 3. The zero-order chi connectivity index (χ0) is 21.5. The van der Waals surface area contributed by atoms with Crippen LogP contribution in [-0.2, 0) is 13.1 Å². The second-order valence-electron chi connectivity index (χ2n) is 6.03. The number of hydrogen-bond acceptors (Lipinski definition) is 7. The van der Waals surface area contributed by atoms with Gasteiger partial charge in [-0.3, -0.25) is 14.8 Å². The van der Waals surface area contributed by atoms with E-state index in [0.29, 0.717) is 42.7 Å². The van der Waals surface area contributed by atoms with Crippen LogP contribution < -0.4 is 24.8 Å². The third-order valence-corrected chi connectivity index (χ3v) is 3.99. The molecule has 3 rings (SSSR count). The maximum absolute atomic E-state index is 12.7. The van der Waals surface area contributed by atoms with E-state index >= 15 is 0 Å². The Balaban J connectivity index is 1.65. The molecule has 2 heterocycles. The molecule has 13 heteroatoms. The largest absolute Gasteiger partial charge is 0.454 e. The highest BCUT2D eigenvalue weighted by Crippen LogP contribution is 2.39. The van der Waals surface area contributed by atoms with Gasteiger partial charge in [0.15, 0.2) is 17.5 Å². The Morgan fingerprint density at radius 1 is 1.40 bits per heavy atom. The van der Waals surface area contributed by atoms with Gasteiger partial charge < -0.3 is 24.8 Å². The van der Waals surface area contributed by atoms with Gasteiger partial charge in [0, 0.05) is 24.7 Å². The van der Waals surface area contributed by atoms with Crippen molar-refractivity contribution >= 4 is 11.6 Å². The summed E-state index contributed by atoms with van der Waals surface area (Å²) in [5.41, 5.74) is 0.310. The van der Waals surface area contributed by atoms with Gasteiger partial charge in [0.2, 0.25) is 6.79 Å². The average molecular weight is 426 g/mol. The number of aliphatic imine (C=N–C) groups is 1. The monoisotopic (exact) mass is 426 g/mol. The predicted octanol–water partition coefficient (Wildman–Crippen LogP) is 1.88. The predicted molar refractivity (Wildman–Crippen MR) is 101 cm³/mol. The second kappa shape index (κ2) is 9.71. The van der Waals surface area contributed by atoms with Crippen molar-refractivity contribution < 1.29 is 27.9 Å². The summed E-state index contributed by atoms with van der Waals surface area (Å²) in [6.45, 7) is 0.250. The van der Waals surface area contributed by atoms with E-state index in [-0.39, 0.29) is 24.8 Å². The molecule has 1 aromatic carbocycles. The summed E-state index contributed by atoms with van der Waals surface area (Å²) in [5.74, 6) is 1.15. The number of aromatic nitrogens is 2. The third kappa shape index (κ3) is 5.46. The minimum atomic E-state index is -2.99. The summed E-state index contributed by atoms with van der Waals surface area (Å²) in [4.78, 5) is 14.6. The first-order valence-corrected chi connectivity index (χ1v) is 9.02. The molecule has 0 saturated carbocycles. The van der Waals surface area contributed by atoms with Gasteiger partial charge in [-0.1, -0.05) is 0 Å². The molecule has 1 aliphatic heterocycles. The van der Waals surface area contributed by atoms with E-state index in [2.05, 4.69) is 25.5 Å². The fraction of sp³-hybridized carbons (Fsp3) is 0.412. The summed E-state index contributed by atoms with van der Waals surface area (Å²) in [5, 5.41) is 20.7. The van der Waals surface area contributed by atoms with Crippen molar-refractivity contribution in [2.24, 2.45) is 4.99 Å². The molecule has 162 valence electrons. The lowest BCUT2D eigenvalue weighted by molar-refractivity contribution is -0.385. The number of halogens is 2. The van der Waals surface area contributed by atoms with Gasteiger partial charge in [-0.2, -0.15) is 13.9 Å². The van der Waals surface area contributed by atoms with Crippen molar-refractivity contribution in [3.8, 4) is 17.2 Å². The first-order valence-electron chi connectivity index (χ1n) is 9.02. The van der Waals surface area contributed by atoms with Crippen LogP contribution in [-0.4, -0.2) is 47.2 Å². The minimum Gasteiger partial charge on any atom is -0.454 e. The van der Waals surface area contributed by atoms with Gasteiger partial charge in [0.1, 0.15) is 18.1 Å². The maximum Gasteiger partial charge on any atom is 0.387 e. The SMILES string of the molecule is CCNC(=NCc1cc2c(cc1OC(F)F)OCO2)NCCn1cc([N+](=O)[O-])cn1. The van der Waals surface area contributed by atoms with Gasteiger partial charge in [-0.25, -0.2) is 4.99 Å². The Labute approximate surface area is 169 Å². The zero-order valence-corrected chi connectivity index (χ0v) is 16.0. The van der Waals surface area contributed by atoms with Crippen molar-refractivity contribution in [2.75, 3.05) is 19.9 Å². The van der Waals surface area contributed by atoms with Gasteiger partial charge in [-0.05, 0) is 13.0 Å². The molecular weight excluding hydrogens is 406 g/mol. The van der Waals surface area contributed by atoms with Crippen LogP contribution >= 0.6 is 0 Å². The van der Waals surface area contributed by atoms with E-state index in [1.54, 1.807) is 6.07 Å². The zero-order valence-electron chi connectivity index (χ0n) is 16.0. The Kier molecular flexibility index (Phi) is 6.83. The van der Waals surface area contributed by atoms with Crippen LogP contribution in [0.3, 0.4) is 0 Å². The normalized spacial score (nSPS) is 12.9. The number of benzene rings is 1. The smallest absolute Gasteiger partial charge is 0.387 e. The Hall–Kier alpha value is -3.64. The van der Waals surface area contributed by atoms with Crippen LogP contribution in [0, 0.1) is 10.1 Å². The van der Waals surface area contributed by atoms with Crippen molar-refractivity contribution in [3.63, 3.8) is 0 Å². The second-order valence-corrected chi connectivity index (χ2v) is 6.03. The highest BCUT2D eigenvalue weighted by atomic mass is 19.3. The maximum atomic E-state index is 12.7. The molecule has 0 bridgehead atoms. The van der Waals surface area contributed by atoms with E-state index in [4.69, 9.17) is 9.47 Å². The number of alkyl halides is 2. The van der Waals surface area contributed by atoms with E-state index in [1.165, 1.54) is 23.1 Å². The van der Waals surface area contributed by atoms with Crippen LogP contribution in [0.1, 0.15) is 12.5 Å². The molecule has 0 aliphatic carbocycles. The summed E-state index contributed by atoms with van der Waals surface area (Å²) < 4.78 is 42.0. The lowest BCUT2D eigenvalue weighted by Gasteiger charge is -2.13. The molecular formula is C17H20F2N6O5. The fourth-order valence-electron chi connectivity index (χ4n) is 2.66. The third-order valence-electron chi connectivity index (χ3n) is 3.99. The topological polar surface area (TPSA) is 125 Å². The lowest BCUT2D eigenvalue weighted by Crippen LogP contribution is -2.38. The molecule has 1 aromatic heterocycles. The molecule has 0 atom stereocenters. The molecule has 0 amide bonds. The highest BCUT2D eigenvalue weighted by Gasteiger charge is 2.20. The van der Waals surface area contributed by atoms with Gasteiger partial charge in [0.25, 0.3) is 0 Å². The fourth-order valence-corrected chi connectivity index (χ4v) is 2.66. The summed E-state index contributed by atoms with van der Waals surface area (Å²) in [6.07, 6.45) is 2.50. The van der Waals surface area contributed by atoms with Gasteiger partial charge in [-0.15, -0.1) is 0 Å². The van der Waals surface area contributed by atoms with Crippen molar-refractivity contribution in [1.29, 1.82) is 0 Å². The first kappa shape index (κ1) is 21.1. The van der Waals surface area contributed by atoms with E-state index < -0.39 is 11.5 Å². The Bertz CT molecular complexity index is 920. The van der Waals surface area contributed by atoms with Crippen molar-refractivity contribution in [2.45, 2.75) is 26.6 Å². The number of nitro groups is 1. The van der Waals surface area contributed by atoms with Crippen LogP contribution in [0.25, 0.3) is 0 Å². The van der Waals surface area contributed by atoms with Crippen LogP contribution in [0.15, 0.2) is 29.5 Å². The number of hydrogen-bond donors (Lipinski definition) is 2. The number of nitrogens with zero attached hydrogens (tertiary/aromatic N) is 4. The lowest BCUT2D eigenvalue weighted by atomic mass is 10.1. The van der Waals surface area contributed by atoms with Crippen molar-refractivity contribution in [3.05, 3.63) is 40.2 Å². The Morgan fingerprint density at radius 2 is 2.17 bits per heavy atom. The van der Waals surface area contributed by atoms with Gasteiger partial charge >= 0.3 is 12.3 Å². The molecule has 0 unspecified atom stereocenters. The molecule has 0 spiro atoms. The van der Waals surface area contributed by atoms with Gasteiger partial charge in [0.05, 0.1) is 18.0 Å². The number of rotatable bonds is 9. The minimum absolute atomic E-state index is 0.00591. The first-order chi connectivity index (χ1) is 14.5. The van der Waals surface area contributed by atoms with Crippen LogP contribution in [0.2, 0.25) is 0 Å². The van der Waals surface area contributed by atoms with Crippen molar-refractivity contribution in [1.82, 2.24) is 20.4 Å². The molecule has 30 heavy (non-hydrogen) atoms. The van der Waals surface area contributed by atoms with E-state index in [9.17, 15) is 18.9 Å². The number of nitrogens with one attached hydrogen (secondary N) is 2. The van der Waals surface area contributed by atoms with E-state index in [0.717, 1.165) is 0 Å². The van der Waals surface area contributed by atoms with Crippen LogP contribution in [0.5, 0.6) is 17.2 Å². The summed E-state index contributed by atoms with van der Waals surface area (Å²) in [7, 11) is 0. The molecule has 2 N–H and O–H groups in total. The average Bonchev–Trinajstić information content (AvgIpc) is 3.34.